The van der Waals surface area contributed by atoms with Gasteiger partial charge in [0.25, 0.3) is 0 Å². The van der Waals surface area contributed by atoms with Gasteiger partial charge in [0, 0.05) is 6.42 Å². The molecule has 1 heterocycles. The van der Waals surface area contributed by atoms with E-state index in [9.17, 15) is 14.7 Å². The molecule has 0 bridgehead atoms. The summed E-state index contributed by atoms with van der Waals surface area (Å²) in [6.07, 6.45) is 3.00. The minimum Gasteiger partial charge on any atom is -0.491 e. The van der Waals surface area contributed by atoms with Crippen LogP contribution in [0.1, 0.15) is 58.4 Å². The molecule has 1 unspecified atom stereocenters. The number of hydrogen-bond acceptors (Lipinski definition) is 4. The third kappa shape index (κ3) is 3.78. The van der Waals surface area contributed by atoms with Gasteiger partial charge in [-0.3, -0.25) is 14.5 Å². The minimum absolute atomic E-state index is 0.0134. The van der Waals surface area contributed by atoms with E-state index in [-0.39, 0.29) is 30.4 Å². The van der Waals surface area contributed by atoms with Crippen LogP contribution in [0.3, 0.4) is 0 Å². The summed E-state index contributed by atoms with van der Waals surface area (Å²) in [5, 5.41) is 10.3. The van der Waals surface area contributed by atoms with Crippen LogP contribution in [-0.4, -0.2) is 41.1 Å². The predicted molar refractivity (Wildman–Crippen MR) is 98.9 cm³/mol. The van der Waals surface area contributed by atoms with E-state index in [1.807, 2.05) is 24.3 Å². The Kier molecular flexibility index (Phi) is 5.11. The molecule has 2 amide bonds. The minimum atomic E-state index is -0.887. The molecular weight excluding hydrogens is 330 g/mol. The highest BCUT2D eigenvalue weighted by Gasteiger charge is 2.52. The van der Waals surface area contributed by atoms with Gasteiger partial charge in [-0.05, 0) is 36.0 Å². The third-order valence-corrected chi connectivity index (χ3v) is 5.61. The summed E-state index contributed by atoms with van der Waals surface area (Å²) in [5.41, 5.74) is 0.797. The van der Waals surface area contributed by atoms with Crippen LogP contribution in [0.4, 0.5) is 0 Å². The van der Waals surface area contributed by atoms with Gasteiger partial charge in [-0.2, -0.15) is 0 Å². The standard InChI is InChI=1S/C21H29NO4/c1-20(2,3)15-6-8-17(9-7-15)26-14-16(23)13-22-18(24)12-21(19(22)25)10-4-5-11-21/h6-9,16,23H,4-5,10-14H2,1-3H3. The second-order valence-electron chi connectivity index (χ2n) is 8.71. The zero-order valence-corrected chi connectivity index (χ0v) is 16.0. The summed E-state index contributed by atoms with van der Waals surface area (Å²) >= 11 is 0. The second kappa shape index (κ2) is 7.03. The summed E-state index contributed by atoms with van der Waals surface area (Å²) < 4.78 is 5.63. The summed E-state index contributed by atoms with van der Waals surface area (Å²) in [6.45, 7) is 6.51. The first-order chi connectivity index (χ1) is 12.2. The summed E-state index contributed by atoms with van der Waals surface area (Å²) in [6, 6.07) is 7.79. The lowest BCUT2D eigenvalue weighted by Gasteiger charge is -2.23. The molecule has 1 atom stereocenters. The maximum Gasteiger partial charge on any atom is 0.235 e. The monoisotopic (exact) mass is 359 g/mol. The number of β-amino-alcohol motifs (C(OH)–C–C–N with tert-alkyl or cyclic N) is 1. The molecule has 1 N–H and O–H groups in total. The molecule has 0 radical (unpaired) electrons. The van der Waals surface area contributed by atoms with Crippen molar-refractivity contribution >= 4 is 11.8 Å². The molecule has 1 aromatic carbocycles. The lowest BCUT2D eigenvalue weighted by molar-refractivity contribution is -0.143. The Bertz CT molecular complexity index is 668. The molecule has 3 rings (SSSR count). The van der Waals surface area contributed by atoms with Crippen molar-refractivity contribution in [3.05, 3.63) is 29.8 Å². The summed E-state index contributed by atoms with van der Waals surface area (Å²) in [4.78, 5) is 26.1. The van der Waals surface area contributed by atoms with Gasteiger partial charge < -0.3 is 9.84 Å². The van der Waals surface area contributed by atoms with Crippen molar-refractivity contribution in [3.63, 3.8) is 0 Å². The van der Waals surface area contributed by atoms with Gasteiger partial charge in [-0.1, -0.05) is 45.7 Å². The van der Waals surface area contributed by atoms with Crippen molar-refractivity contribution in [3.8, 4) is 5.75 Å². The van der Waals surface area contributed by atoms with Gasteiger partial charge in [0.15, 0.2) is 0 Å². The molecule has 1 spiro atoms. The SMILES string of the molecule is CC(C)(C)c1ccc(OCC(O)CN2C(=O)CC3(CCCC3)C2=O)cc1. The maximum atomic E-state index is 12.6. The number of likely N-dealkylation sites (tertiary alicyclic amines) is 1. The van der Waals surface area contributed by atoms with E-state index in [1.54, 1.807) is 0 Å². The Morgan fingerprint density at radius 2 is 1.77 bits per heavy atom. The Morgan fingerprint density at radius 3 is 2.35 bits per heavy atom. The number of hydrogen-bond donors (Lipinski definition) is 1. The lowest BCUT2D eigenvalue weighted by atomic mass is 9.84. The normalized spacial score (nSPS) is 20.8. The Hall–Kier alpha value is -1.88. The molecule has 1 aliphatic carbocycles. The van der Waals surface area contributed by atoms with Gasteiger partial charge in [0.05, 0.1) is 12.0 Å². The van der Waals surface area contributed by atoms with Gasteiger partial charge in [0.1, 0.15) is 18.5 Å². The predicted octanol–water partition coefficient (Wildman–Crippen LogP) is 3.04. The Labute approximate surface area is 155 Å². The van der Waals surface area contributed by atoms with E-state index >= 15 is 0 Å². The van der Waals surface area contributed by atoms with Crippen LogP contribution in [0.2, 0.25) is 0 Å². The smallest absolute Gasteiger partial charge is 0.235 e. The fourth-order valence-corrected chi connectivity index (χ4v) is 3.99. The van der Waals surface area contributed by atoms with Crippen molar-refractivity contribution in [2.45, 2.75) is 64.4 Å². The number of benzene rings is 1. The fourth-order valence-electron chi connectivity index (χ4n) is 3.99. The van der Waals surface area contributed by atoms with Crippen molar-refractivity contribution in [1.29, 1.82) is 0 Å². The number of carbonyl (C=O) groups excluding carboxylic acids is 2. The largest absolute Gasteiger partial charge is 0.491 e. The van der Waals surface area contributed by atoms with Gasteiger partial charge in [-0.25, -0.2) is 0 Å². The quantitative estimate of drug-likeness (QED) is 0.821. The zero-order chi connectivity index (χ0) is 18.9. The number of aliphatic hydroxyl groups is 1. The van der Waals surface area contributed by atoms with Crippen LogP contribution in [-0.2, 0) is 15.0 Å². The molecule has 2 fully saturated rings. The Balaban J connectivity index is 1.53. The number of nitrogens with zero attached hydrogens (tertiary/aromatic N) is 1. The molecule has 1 saturated heterocycles. The molecular formula is C21H29NO4. The fraction of sp³-hybridized carbons (Fsp3) is 0.619. The van der Waals surface area contributed by atoms with E-state index in [0.29, 0.717) is 12.2 Å². The van der Waals surface area contributed by atoms with E-state index in [2.05, 4.69) is 20.8 Å². The summed E-state index contributed by atoms with van der Waals surface area (Å²) in [7, 11) is 0. The molecule has 142 valence electrons. The highest BCUT2D eigenvalue weighted by Crippen LogP contribution is 2.46. The average Bonchev–Trinajstić information content (AvgIpc) is 3.14. The highest BCUT2D eigenvalue weighted by molar-refractivity contribution is 6.06. The van der Waals surface area contributed by atoms with Crippen LogP contribution in [0.5, 0.6) is 5.75 Å². The molecule has 5 nitrogen and oxygen atoms in total. The molecule has 26 heavy (non-hydrogen) atoms. The zero-order valence-electron chi connectivity index (χ0n) is 16.0. The number of ether oxygens (including phenoxy) is 1. The van der Waals surface area contributed by atoms with Crippen molar-refractivity contribution in [2.24, 2.45) is 5.41 Å². The van der Waals surface area contributed by atoms with Crippen LogP contribution in [0, 0.1) is 5.41 Å². The van der Waals surface area contributed by atoms with Crippen LogP contribution >= 0.6 is 0 Å². The van der Waals surface area contributed by atoms with Crippen LogP contribution < -0.4 is 4.74 Å². The van der Waals surface area contributed by atoms with E-state index in [1.165, 1.54) is 10.5 Å². The second-order valence-corrected chi connectivity index (χ2v) is 8.71. The van der Waals surface area contributed by atoms with Gasteiger partial charge in [0.2, 0.25) is 11.8 Å². The topological polar surface area (TPSA) is 66.8 Å². The molecule has 5 heteroatoms. The highest BCUT2D eigenvalue weighted by atomic mass is 16.5. The summed E-state index contributed by atoms with van der Waals surface area (Å²) in [5.74, 6) is 0.405. The number of rotatable bonds is 5. The first-order valence-electron chi connectivity index (χ1n) is 9.47. The maximum absolute atomic E-state index is 12.6. The van der Waals surface area contributed by atoms with Crippen molar-refractivity contribution in [2.75, 3.05) is 13.2 Å². The Morgan fingerprint density at radius 1 is 1.15 bits per heavy atom. The number of carbonyl (C=O) groups is 2. The molecule has 1 saturated carbocycles. The number of aliphatic hydroxyl groups excluding tert-OH is 1. The van der Waals surface area contributed by atoms with Crippen LogP contribution in [0.15, 0.2) is 24.3 Å². The molecule has 0 aromatic heterocycles. The molecule has 1 aliphatic heterocycles. The van der Waals surface area contributed by atoms with E-state index in [4.69, 9.17) is 4.74 Å². The van der Waals surface area contributed by atoms with Gasteiger partial charge >= 0.3 is 0 Å². The van der Waals surface area contributed by atoms with Crippen molar-refractivity contribution in [1.82, 2.24) is 4.90 Å². The lowest BCUT2D eigenvalue weighted by Crippen LogP contribution is -2.41. The average molecular weight is 359 g/mol. The van der Waals surface area contributed by atoms with E-state index in [0.717, 1.165) is 25.7 Å². The molecule has 1 aromatic rings. The first kappa shape index (κ1) is 18.9. The third-order valence-electron chi connectivity index (χ3n) is 5.61. The number of imide groups is 1. The van der Waals surface area contributed by atoms with Gasteiger partial charge in [-0.15, -0.1) is 0 Å². The van der Waals surface area contributed by atoms with E-state index < -0.39 is 11.5 Å². The van der Waals surface area contributed by atoms with Crippen LogP contribution in [0.25, 0.3) is 0 Å². The molecule has 2 aliphatic rings. The number of amides is 2. The first-order valence-corrected chi connectivity index (χ1v) is 9.47. The van der Waals surface area contributed by atoms with Crippen molar-refractivity contribution < 1.29 is 19.4 Å².